The minimum absolute atomic E-state index is 0.00733. The predicted molar refractivity (Wildman–Crippen MR) is 104 cm³/mol. The number of hydrogen-bond acceptors (Lipinski definition) is 3. The van der Waals surface area contributed by atoms with E-state index in [4.69, 9.17) is 0 Å². The first-order valence-electron chi connectivity index (χ1n) is 9.23. The molecule has 1 N–H and O–H groups in total. The van der Waals surface area contributed by atoms with E-state index >= 15 is 0 Å². The fourth-order valence-electron chi connectivity index (χ4n) is 4.45. The quantitative estimate of drug-likeness (QED) is 0.726. The van der Waals surface area contributed by atoms with E-state index in [0.29, 0.717) is 18.8 Å². The first-order chi connectivity index (χ1) is 13.2. The van der Waals surface area contributed by atoms with Crippen molar-refractivity contribution in [2.75, 3.05) is 18.4 Å². The van der Waals surface area contributed by atoms with Gasteiger partial charge in [0.15, 0.2) is 0 Å². The van der Waals surface area contributed by atoms with Crippen LogP contribution in [0.25, 0.3) is 10.8 Å². The van der Waals surface area contributed by atoms with E-state index < -0.39 is 5.41 Å². The number of rotatable bonds is 1. The van der Waals surface area contributed by atoms with Gasteiger partial charge in [-0.3, -0.25) is 14.6 Å². The number of nitrogens with zero attached hydrogens (tertiary/aromatic N) is 2. The molecule has 0 aliphatic carbocycles. The Balaban J connectivity index is 1.53. The first-order valence-corrected chi connectivity index (χ1v) is 9.23. The van der Waals surface area contributed by atoms with E-state index in [-0.39, 0.29) is 11.8 Å². The van der Waals surface area contributed by atoms with Gasteiger partial charge in [-0.2, -0.15) is 0 Å². The summed E-state index contributed by atoms with van der Waals surface area (Å²) in [6.45, 7) is 1.03. The molecule has 134 valence electrons. The van der Waals surface area contributed by atoms with Crippen molar-refractivity contribution in [3.63, 3.8) is 0 Å². The van der Waals surface area contributed by atoms with Crippen molar-refractivity contribution >= 4 is 28.3 Å². The minimum Gasteiger partial charge on any atom is -0.336 e. The number of likely N-dealkylation sites (tertiary alicyclic amines) is 1. The second-order valence-electron chi connectivity index (χ2n) is 7.29. The molecule has 5 rings (SSSR count). The summed E-state index contributed by atoms with van der Waals surface area (Å²) in [6, 6.07) is 17.5. The summed E-state index contributed by atoms with van der Waals surface area (Å²) in [5.41, 5.74) is 1.66. The van der Waals surface area contributed by atoms with Crippen molar-refractivity contribution in [3.05, 3.63) is 72.1 Å². The lowest BCUT2D eigenvalue weighted by Crippen LogP contribution is -2.52. The minimum atomic E-state index is -0.658. The maximum Gasteiger partial charge on any atom is 0.273 e. The largest absolute Gasteiger partial charge is 0.336 e. The lowest BCUT2D eigenvalue weighted by Gasteiger charge is -2.39. The van der Waals surface area contributed by atoms with Gasteiger partial charge in [-0.1, -0.05) is 42.5 Å². The molecule has 2 aromatic carbocycles. The van der Waals surface area contributed by atoms with Gasteiger partial charge in [-0.15, -0.1) is 0 Å². The van der Waals surface area contributed by atoms with E-state index in [0.717, 1.165) is 34.9 Å². The number of fused-ring (bicyclic) bond motifs is 3. The van der Waals surface area contributed by atoms with Crippen molar-refractivity contribution in [1.29, 1.82) is 0 Å². The van der Waals surface area contributed by atoms with Gasteiger partial charge < -0.3 is 10.2 Å². The Morgan fingerprint density at radius 2 is 1.89 bits per heavy atom. The van der Waals surface area contributed by atoms with E-state index in [1.165, 1.54) is 0 Å². The van der Waals surface area contributed by atoms with E-state index in [1.807, 2.05) is 54.6 Å². The Bertz CT molecular complexity index is 1070. The standard InChI is InChI=1S/C22H19N3O2/c26-20(19-16-7-2-1-6-15(16)10-12-23-19)25-13-5-11-22(14-25)17-8-3-4-9-18(17)24-21(22)27/h1-4,6-10,12H,5,11,13-14H2,(H,24,27). The lowest BCUT2D eigenvalue weighted by atomic mass is 9.75. The predicted octanol–water partition coefficient (Wildman–Crippen LogP) is 3.36. The van der Waals surface area contributed by atoms with Crippen molar-refractivity contribution < 1.29 is 9.59 Å². The molecule has 2 aliphatic heterocycles. The molecule has 1 aromatic heterocycles. The molecule has 1 spiro atoms. The molecular weight excluding hydrogens is 338 g/mol. The summed E-state index contributed by atoms with van der Waals surface area (Å²) < 4.78 is 0. The Hall–Kier alpha value is -3.21. The van der Waals surface area contributed by atoms with Gasteiger partial charge in [0, 0.05) is 30.4 Å². The number of carbonyl (C=O) groups excluding carboxylic acids is 2. The van der Waals surface area contributed by atoms with Crippen LogP contribution in [0.4, 0.5) is 5.69 Å². The zero-order valence-electron chi connectivity index (χ0n) is 14.8. The molecule has 0 radical (unpaired) electrons. The van der Waals surface area contributed by atoms with Crippen LogP contribution >= 0.6 is 0 Å². The molecule has 2 amide bonds. The lowest BCUT2D eigenvalue weighted by molar-refractivity contribution is -0.122. The van der Waals surface area contributed by atoms with Crippen LogP contribution in [0.3, 0.4) is 0 Å². The molecule has 1 fully saturated rings. The number of hydrogen-bond donors (Lipinski definition) is 1. The number of aromatic nitrogens is 1. The van der Waals surface area contributed by atoms with Gasteiger partial charge in [-0.25, -0.2) is 0 Å². The molecule has 2 aliphatic rings. The second kappa shape index (κ2) is 5.91. The fraction of sp³-hybridized carbons (Fsp3) is 0.227. The van der Waals surface area contributed by atoms with Gasteiger partial charge in [0.1, 0.15) is 5.69 Å². The summed E-state index contributed by atoms with van der Waals surface area (Å²) in [5.74, 6) is -0.116. The SMILES string of the molecule is O=C(c1nccc2ccccc12)N1CCCC2(C1)C(=O)Nc1ccccc12. The molecule has 5 heteroatoms. The average Bonchev–Trinajstić information content (AvgIpc) is 2.98. The molecule has 3 aromatic rings. The summed E-state index contributed by atoms with van der Waals surface area (Å²) in [6.07, 6.45) is 3.22. The first kappa shape index (κ1) is 16.0. The van der Waals surface area contributed by atoms with Gasteiger partial charge in [0.2, 0.25) is 5.91 Å². The van der Waals surface area contributed by atoms with Crippen molar-refractivity contribution in [2.24, 2.45) is 0 Å². The van der Waals surface area contributed by atoms with Crippen molar-refractivity contribution in [1.82, 2.24) is 9.88 Å². The van der Waals surface area contributed by atoms with Crippen LogP contribution in [-0.2, 0) is 10.2 Å². The summed E-state index contributed by atoms with van der Waals surface area (Å²) in [5, 5.41) is 4.83. The van der Waals surface area contributed by atoms with Gasteiger partial charge in [0.05, 0.1) is 5.41 Å². The van der Waals surface area contributed by atoms with Crippen LogP contribution in [0, 0.1) is 0 Å². The van der Waals surface area contributed by atoms with Gasteiger partial charge in [-0.05, 0) is 35.9 Å². The van der Waals surface area contributed by atoms with Crippen LogP contribution in [0.1, 0.15) is 28.9 Å². The van der Waals surface area contributed by atoms with Crippen LogP contribution in [0.2, 0.25) is 0 Å². The molecule has 1 unspecified atom stereocenters. The summed E-state index contributed by atoms with van der Waals surface area (Å²) in [4.78, 5) is 32.3. The monoisotopic (exact) mass is 357 g/mol. The summed E-state index contributed by atoms with van der Waals surface area (Å²) in [7, 11) is 0. The maximum absolute atomic E-state index is 13.3. The summed E-state index contributed by atoms with van der Waals surface area (Å²) >= 11 is 0. The number of amides is 2. The zero-order chi connectivity index (χ0) is 18.4. The highest BCUT2D eigenvalue weighted by Gasteiger charge is 2.50. The number of benzene rings is 2. The number of para-hydroxylation sites is 1. The molecule has 3 heterocycles. The molecule has 0 saturated carbocycles. The molecule has 1 saturated heterocycles. The second-order valence-corrected chi connectivity index (χ2v) is 7.29. The topological polar surface area (TPSA) is 62.3 Å². The molecule has 5 nitrogen and oxygen atoms in total. The highest BCUT2D eigenvalue weighted by Crippen LogP contribution is 2.43. The molecular formula is C22H19N3O2. The van der Waals surface area contributed by atoms with Gasteiger partial charge in [0.25, 0.3) is 5.91 Å². The molecule has 27 heavy (non-hydrogen) atoms. The van der Waals surface area contributed by atoms with Crippen LogP contribution in [-0.4, -0.2) is 34.8 Å². The molecule has 0 bridgehead atoms. The normalized spacial score (nSPS) is 21.3. The maximum atomic E-state index is 13.3. The number of piperidine rings is 1. The third kappa shape index (κ3) is 2.35. The van der Waals surface area contributed by atoms with Crippen LogP contribution < -0.4 is 5.32 Å². The number of pyridine rings is 1. The van der Waals surface area contributed by atoms with Crippen LogP contribution in [0.15, 0.2) is 60.8 Å². The molecule has 1 atom stereocenters. The third-order valence-corrected chi connectivity index (χ3v) is 5.78. The van der Waals surface area contributed by atoms with Crippen LogP contribution in [0.5, 0.6) is 0 Å². The van der Waals surface area contributed by atoms with Gasteiger partial charge >= 0.3 is 0 Å². The smallest absolute Gasteiger partial charge is 0.273 e. The van der Waals surface area contributed by atoms with E-state index in [2.05, 4.69) is 10.3 Å². The number of nitrogens with one attached hydrogen (secondary N) is 1. The van der Waals surface area contributed by atoms with Crippen molar-refractivity contribution in [2.45, 2.75) is 18.3 Å². The average molecular weight is 357 g/mol. The fourth-order valence-corrected chi connectivity index (χ4v) is 4.45. The highest BCUT2D eigenvalue weighted by molar-refractivity contribution is 6.08. The Morgan fingerprint density at radius 1 is 1.07 bits per heavy atom. The van der Waals surface area contributed by atoms with E-state index in [1.54, 1.807) is 11.1 Å². The Kier molecular flexibility index (Phi) is 3.50. The highest BCUT2D eigenvalue weighted by atomic mass is 16.2. The van der Waals surface area contributed by atoms with Crippen molar-refractivity contribution in [3.8, 4) is 0 Å². The third-order valence-electron chi connectivity index (χ3n) is 5.78. The Labute approximate surface area is 157 Å². The number of carbonyl (C=O) groups is 2. The Morgan fingerprint density at radius 3 is 2.81 bits per heavy atom. The van der Waals surface area contributed by atoms with E-state index in [9.17, 15) is 9.59 Å². The zero-order valence-corrected chi connectivity index (χ0v) is 14.8. The number of anilines is 1.